The Kier molecular flexibility index (Phi) is 5.00. The molecule has 1 aliphatic heterocycles. The van der Waals surface area contributed by atoms with E-state index in [-0.39, 0.29) is 6.04 Å². The molecule has 0 amide bonds. The summed E-state index contributed by atoms with van der Waals surface area (Å²) in [7, 11) is 0. The maximum Gasteiger partial charge on any atom is 0.109 e. The van der Waals surface area contributed by atoms with Gasteiger partial charge in [-0.2, -0.15) is 0 Å². The van der Waals surface area contributed by atoms with Crippen molar-refractivity contribution in [1.29, 1.82) is 0 Å². The van der Waals surface area contributed by atoms with E-state index >= 15 is 0 Å². The van der Waals surface area contributed by atoms with Gasteiger partial charge in [-0.05, 0) is 33.6 Å². The minimum absolute atomic E-state index is 0.263. The molecule has 1 atom stereocenters. The first-order valence-corrected chi connectivity index (χ1v) is 7.47. The van der Waals surface area contributed by atoms with Crippen LogP contribution in [-0.4, -0.2) is 37.8 Å². The Hall–Kier alpha value is -0.170. The van der Waals surface area contributed by atoms with Crippen LogP contribution in [0.2, 0.25) is 0 Å². The largest absolute Gasteiger partial charge is 0.398 e. The zero-order chi connectivity index (χ0) is 13.1. The van der Waals surface area contributed by atoms with Crippen molar-refractivity contribution in [2.45, 2.75) is 6.04 Å². The summed E-state index contributed by atoms with van der Waals surface area (Å²) in [6, 6.07) is 3.53. The molecule has 0 aromatic heterocycles. The Morgan fingerprint density at radius 2 is 2.00 bits per heavy atom. The fraction of sp³-hybridized carbons (Fsp3) is 0.500. The van der Waals surface area contributed by atoms with Crippen LogP contribution < -0.4 is 11.1 Å². The van der Waals surface area contributed by atoms with Crippen LogP contribution in [0, 0.1) is 0 Å². The van der Waals surface area contributed by atoms with Crippen LogP contribution in [0.3, 0.4) is 0 Å². The average molecular weight is 381 g/mol. The minimum Gasteiger partial charge on any atom is -0.398 e. The van der Waals surface area contributed by atoms with Gasteiger partial charge in [0.2, 0.25) is 0 Å². The summed E-state index contributed by atoms with van der Waals surface area (Å²) in [5.41, 5.74) is 7.53. The second kappa shape index (κ2) is 6.32. The summed E-state index contributed by atoms with van der Waals surface area (Å²) in [6.45, 7) is 3.06. The maximum atomic E-state index is 13.4. The van der Waals surface area contributed by atoms with Crippen molar-refractivity contribution in [3.8, 4) is 0 Å². The van der Waals surface area contributed by atoms with E-state index in [4.69, 9.17) is 5.73 Å². The van der Waals surface area contributed by atoms with Crippen LogP contribution >= 0.6 is 31.9 Å². The molecule has 1 aromatic carbocycles. The van der Waals surface area contributed by atoms with E-state index in [1.165, 1.54) is 0 Å². The van der Waals surface area contributed by atoms with Crippen LogP contribution in [0.5, 0.6) is 0 Å². The lowest BCUT2D eigenvalue weighted by molar-refractivity contribution is 0.148. The highest BCUT2D eigenvalue weighted by Gasteiger charge is 2.24. The van der Waals surface area contributed by atoms with Gasteiger partial charge >= 0.3 is 0 Å². The second-order valence-electron chi connectivity index (χ2n) is 4.35. The summed E-state index contributed by atoms with van der Waals surface area (Å²) in [5.74, 6) is 0. The van der Waals surface area contributed by atoms with Crippen molar-refractivity contribution in [2.24, 2.45) is 0 Å². The fourth-order valence-electron chi connectivity index (χ4n) is 2.25. The molecule has 0 unspecified atom stereocenters. The minimum atomic E-state index is -0.424. The van der Waals surface area contributed by atoms with Crippen LogP contribution in [-0.2, 0) is 0 Å². The Labute approximate surface area is 123 Å². The van der Waals surface area contributed by atoms with Gasteiger partial charge in [-0.25, -0.2) is 4.39 Å². The summed E-state index contributed by atoms with van der Waals surface area (Å²) in [5, 5.41) is 3.27. The van der Waals surface area contributed by atoms with Gasteiger partial charge in [0.05, 0.1) is 11.7 Å². The van der Waals surface area contributed by atoms with Gasteiger partial charge < -0.3 is 11.1 Å². The standard InChI is InChI=1S/C12H16Br2FN3/c13-8-5-9(12(16)10(14)6-8)11(7-15)18-3-1-17-2-4-18/h5-6,11,17H,1-4,7,16H2/t11-/m1/s1. The lowest BCUT2D eigenvalue weighted by atomic mass is 10.0. The molecule has 2 rings (SSSR count). The first-order valence-electron chi connectivity index (χ1n) is 5.88. The summed E-state index contributed by atoms with van der Waals surface area (Å²) >= 11 is 6.84. The van der Waals surface area contributed by atoms with E-state index in [1.807, 2.05) is 12.1 Å². The van der Waals surface area contributed by atoms with Crippen LogP contribution in [0.1, 0.15) is 11.6 Å². The topological polar surface area (TPSA) is 41.3 Å². The lowest BCUT2D eigenvalue weighted by Crippen LogP contribution is -2.45. The Bertz CT molecular complexity index is 422. The molecule has 0 saturated carbocycles. The SMILES string of the molecule is Nc1c(Br)cc(Br)cc1[C@@H](CF)N1CCNCC1. The molecular formula is C12H16Br2FN3. The molecule has 18 heavy (non-hydrogen) atoms. The van der Waals surface area contributed by atoms with E-state index in [0.29, 0.717) is 5.69 Å². The van der Waals surface area contributed by atoms with E-state index in [1.54, 1.807) is 0 Å². The lowest BCUT2D eigenvalue weighted by Gasteiger charge is -2.34. The molecule has 3 N–H and O–H groups in total. The molecule has 1 fully saturated rings. The highest BCUT2D eigenvalue weighted by Crippen LogP contribution is 2.34. The average Bonchev–Trinajstić information content (AvgIpc) is 2.37. The molecule has 100 valence electrons. The monoisotopic (exact) mass is 379 g/mol. The van der Waals surface area contributed by atoms with Crippen molar-refractivity contribution >= 4 is 37.5 Å². The van der Waals surface area contributed by atoms with Gasteiger partial charge in [0.1, 0.15) is 6.67 Å². The quantitative estimate of drug-likeness (QED) is 0.792. The number of halogens is 3. The van der Waals surface area contributed by atoms with Gasteiger partial charge in [0, 0.05) is 35.1 Å². The van der Waals surface area contributed by atoms with Gasteiger partial charge in [0.25, 0.3) is 0 Å². The molecule has 6 heteroatoms. The molecule has 0 aliphatic carbocycles. The van der Waals surface area contributed by atoms with Crippen molar-refractivity contribution in [2.75, 3.05) is 38.6 Å². The predicted molar refractivity (Wildman–Crippen MR) is 79.4 cm³/mol. The van der Waals surface area contributed by atoms with E-state index < -0.39 is 6.67 Å². The first kappa shape index (κ1) is 14.2. The molecule has 0 spiro atoms. The summed E-state index contributed by atoms with van der Waals surface area (Å²) in [6.07, 6.45) is 0. The van der Waals surface area contributed by atoms with Crippen LogP contribution in [0.25, 0.3) is 0 Å². The molecular weight excluding hydrogens is 365 g/mol. The van der Waals surface area contributed by atoms with Crippen molar-refractivity contribution in [3.05, 3.63) is 26.6 Å². The Morgan fingerprint density at radius 3 is 2.61 bits per heavy atom. The first-order chi connectivity index (χ1) is 8.63. The third-order valence-corrected chi connectivity index (χ3v) is 4.34. The predicted octanol–water partition coefficient (Wildman–Crippen LogP) is 2.71. The number of rotatable bonds is 3. The number of nitrogen functional groups attached to an aromatic ring is 1. The van der Waals surface area contributed by atoms with Crippen molar-refractivity contribution < 1.29 is 4.39 Å². The van der Waals surface area contributed by atoms with E-state index in [2.05, 4.69) is 42.1 Å². The number of nitrogens with one attached hydrogen (secondary N) is 1. The van der Waals surface area contributed by atoms with Crippen LogP contribution in [0.4, 0.5) is 10.1 Å². The maximum absolute atomic E-state index is 13.4. The highest BCUT2D eigenvalue weighted by molar-refractivity contribution is 9.11. The number of anilines is 1. The number of hydrogen-bond acceptors (Lipinski definition) is 3. The van der Waals surface area contributed by atoms with Gasteiger partial charge in [-0.3, -0.25) is 4.90 Å². The molecule has 1 heterocycles. The third kappa shape index (κ3) is 3.04. The van der Waals surface area contributed by atoms with Crippen molar-refractivity contribution in [1.82, 2.24) is 10.2 Å². The smallest absolute Gasteiger partial charge is 0.109 e. The number of nitrogens with zero attached hydrogens (tertiary/aromatic N) is 1. The summed E-state index contributed by atoms with van der Waals surface area (Å²) in [4.78, 5) is 2.14. The normalized spacial score (nSPS) is 18.8. The zero-order valence-electron chi connectivity index (χ0n) is 9.93. The second-order valence-corrected chi connectivity index (χ2v) is 6.12. The number of nitrogens with two attached hydrogens (primary N) is 1. The van der Waals surface area contributed by atoms with Crippen LogP contribution in [0.15, 0.2) is 21.1 Å². The number of benzene rings is 1. The zero-order valence-corrected chi connectivity index (χ0v) is 13.1. The van der Waals surface area contributed by atoms with Crippen molar-refractivity contribution in [3.63, 3.8) is 0 Å². The Morgan fingerprint density at radius 1 is 1.33 bits per heavy atom. The molecule has 1 aliphatic rings. The highest BCUT2D eigenvalue weighted by atomic mass is 79.9. The third-order valence-electron chi connectivity index (χ3n) is 3.22. The molecule has 0 radical (unpaired) electrons. The molecule has 0 bridgehead atoms. The summed E-state index contributed by atoms with van der Waals surface area (Å²) < 4.78 is 15.1. The fourth-order valence-corrected chi connectivity index (χ4v) is 3.51. The molecule has 3 nitrogen and oxygen atoms in total. The molecule has 1 saturated heterocycles. The Balaban J connectivity index is 2.31. The van der Waals surface area contributed by atoms with Gasteiger partial charge in [-0.15, -0.1) is 0 Å². The number of piperazine rings is 1. The van der Waals surface area contributed by atoms with Gasteiger partial charge in [-0.1, -0.05) is 15.9 Å². The number of alkyl halides is 1. The van der Waals surface area contributed by atoms with Gasteiger partial charge in [0.15, 0.2) is 0 Å². The number of hydrogen-bond donors (Lipinski definition) is 2. The van der Waals surface area contributed by atoms with E-state index in [0.717, 1.165) is 40.7 Å². The van der Waals surface area contributed by atoms with E-state index in [9.17, 15) is 4.39 Å². The molecule has 1 aromatic rings.